The quantitative estimate of drug-likeness (QED) is 0.444. The van der Waals surface area contributed by atoms with Gasteiger partial charge in [0, 0.05) is 16.5 Å². The molecule has 0 saturated heterocycles. The Morgan fingerprint density at radius 3 is 0.750 bits per heavy atom. The molecule has 0 bridgehead atoms. The Bertz CT molecular complexity index is 4.00. The summed E-state index contributed by atoms with van der Waals surface area (Å²) >= 11 is 0. The monoisotopic (exact) mass is 150 g/mol. The van der Waals surface area contributed by atoms with Crippen LogP contribution < -0.4 is 0 Å². The van der Waals surface area contributed by atoms with Crippen LogP contribution in [0.2, 0.25) is 0 Å². The molecule has 0 spiro atoms. The van der Waals surface area contributed by atoms with Crippen molar-refractivity contribution in [2.75, 3.05) is 0 Å². The molecule has 0 fully saturated rings. The van der Waals surface area contributed by atoms with E-state index in [-0.39, 0.29) is 43.9 Å². The van der Waals surface area contributed by atoms with E-state index in [4.69, 9.17) is 0 Å². The molecule has 0 atom stereocenters. The molecule has 4 heavy (non-hydrogen) atoms. The number of hydrogen-bond donors (Lipinski definition) is 0. The van der Waals surface area contributed by atoms with Crippen molar-refractivity contribution in [2.24, 2.45) is 0 Å². The van der Waals surface area contributed by atoms with Gasteiger partial charge in [-0.1, -0.05) is 0 Å². The zero-order valence-electron chi connectivity index (χ0n) is 1.53. The first-order chi connectivity index (χ1) is 0. The van der Waals surface area contributed by atoms with E-state index < -0.39 is 0 Å². The molecule has 4 heteroatoms. The summed E-state index contributed by atoms with van der Waals surface area (Å²) in [6.07, 6.45) is 0. The van der Waals surface area contributed by atoms with Gasteiger partial charge in [0.05, 0.1) is 0 Å². The smallest absolute Gasteiger partial charge is 0.870 e. The largest absolute Gasteiger partial charge is 2.00 e. The van der Waals surface area contributed by atoms with E-state index >= 15 is 0 Å². The standard InChI is InChI=1S/2Ni.2H2O/h;;2*1H2/q;+2;;/p-2. The van der Waals surface area contributed by atoms with Crippen LogP contribution in [0.3, 0.4) is 0 Å². The van der Waals surface area contributed by atoms with Crippen LogP contribution in [-0.4, -0.2) is 11.0 Å². The van der Waals surface area contributed by atoms with Gasteiger partial charge in [-0.3, -0.25) is 0 Å². The molecule has 0 radical (unpaired) electrons. The minimum Gasteiger partial charge on any atom is -0.870 e. The maximum Gasteiger partial charge on any atom is 2.00 e. The van der Waals surface area contributed by atoms with E-state index in [2.05, 4.69) is 0 Å². The van der Waals surface area contributed by atoms with E-state index in [1.165, 1.54) is 0 Å². The van der Waals surface area contributed by atoms with E-state index in [1.54, 1.807) is 0 Å². The maximum absolute atomic E-state index is 0. The second-order valence-electron chi connectivity index (χ2n) is 0. The third-order valence-corrected chi connectivity index (χ3v) is 0. The Morgan fingerprint density at radius 2 is 0.750 bits per heavy atom. The molecule has 0 saturated carbocycles. The SMILES string of the molecule is [Ni+2].[Ni].[OH-].[OH-]. The Balaban J connectivity index is 0. The minimum absolute atomic E-state index is 0. The molecule has 0 aliphatic rings. The third kappa shape index (κ3) is 12.9. The minimum atomic E-state index is 0. The molecule has 0 heterocycles. The average Bonchev–Trinajstić information content (AvgIpc) is 0. The van der Waals surface area contributed by atoms with Crippen LogP contribution in [0.1, 0.15) is 0 Å². The summed E-state index contributed by atoms with van der Waals surface area (Å²) in [6, 6.07) is 0. The molecule has 0 rings (SSSR count). The van der Waals surface area contributed by atoms with E-state index in [9.17, 15) is 0 Å². The molecule has 2 N–H and O–H groups in total. The fraction of sp³-hybridized carbons (Fsp3) is 0. The van der Waals surface area contributed by atoms with Crippen LogP contribution >= 0.6 is 0 Å². The van der Waals surface area contributed by atoms with Gasteiger partial charge in [0.15, 0.2) is 0 Å². The Labute approximate surface area is 44.4 Å². The van der Waals surface area contributed by atoms with Gasteiger partial charge in [-0.15, -0.1) is 0 Å². The molecule has 0 aliphatic heterocycles. The molecule has 0 aromatic rings. The van der Waals surface area contributed by atoms with Crippen LogP contribution in [0.4, 0.5) is 0 Å². The van der Waals surface area contributed by atoms with Crippen LogP contribution in [0.5, 0.6) is 0 Å². The normalized spacial score (nSPS) is 0. The second kappa shape index (κ2) is 40.1. The van der Waals surface area contributed by atoms with Crippen LogP contribution in [-0.2, 0) is 33.0 Å². The van der Waals surface area contributed by atoms with Crippen molar-refractivity contribution >= 4 is 0 Å². The van der Waals surface area contributed by atoms with Crippen LogP contribution in [0.25, 0.3) is 0 Å². The first kappa shape index (κ1) is 91.0. The number of rotatable bonds is 0. The van der Waals surface area contributed by atoms with Gasteiger partial charge in [0.1, 0.15) is 0 Å². The molecule has 34 valence electrons. The predicted octanol–water partition coefficient (Wildman–Crippen LogP) is -0.359. The van der Waals surface area contributed by atoms with Gasteiger partial charge < -0.3 is 11.0 Å². The van der Waals surface area contributed by atoms with Crippen molar-refractivity contribution in [1.29, 1.82) is 0 Å². The van der Waals surface area contributed by atoms with Crippen molar-refractivity contribution in [3.63, 3.8) is 0 Å². The van der Waals surface area contributed by atoms with Crippen LogP contribution in [0.15, 0.2) is 0 Å². The molecule has 0 aromatic heterocycles. The second-order valence-corrected chi connectivity index (χ2v) is 0. The molecule has 0 amide bonds. The maximum atomic E-state index is 0. The topological polar surface area (TPSA) is 60.0 Å². The predicted molar refractivity (Wildman–Crippen MR) is 3.87 cm³/mol. The molecular formula is H2Ni2O2. The fourth-order valence-corrected chi connectivity index (χ4v) is 0. The van der Waals surface area contributed by atoms with Gasteiger partial charge >= 0.3 is 16.5 Å². The van der Waals surface area contributed by atoms with Crippen molar-refractivity contribution < 1.29 is 43.9 Å². The van der Waals surface area contributed by atoms with Crippen LogP contribution in [0, 0.1) is 0 Å². The van der Waals surface area contributed by atoms with E-state index in [0.717, 1.165) is 0 Å². The number of hydrogen-bond acceptors (Lipinski definition) is 2. The zero-order valence-corrected chi connectivity index (χ0v) is 3.50. The van der Waals surface area contributed by atoms with E-state index in [1.807, 2.05) is 0 Å². The summed E-state index contributed by atoms with van der Waals surface area (Å²) in [4.78, 5) is 0. The van der Waals surface area contributed by atoms with Crippen molar-refractivity contribution in [1.82, 2.24) is 0 Å². The molecule has 0 aliphatic carbocycles. The van der Waals surface area contributed by atoms with Gasteiger partial charge in [-0.2, -0.15) is 0 Å². The van der Waals surface area contributed by atoms with Gasteiger partial charge in [-0.25, -0.2) is 0 Å². The fourth-order valence-electron chi connectivity index (χ4n) is 0. The molecule has 2 nitrogen and oxygen atoms in total. The Kier molecular flexibility index (Phi) is 914. The molecule has 0 unspecified atom stereocenters. The Morgan fingerprint density at radius 1 is 0.750 bits per heavy atom. The van der Waals surface area contributed by atoms with E-state index in [0.29, 0.717) is 0 Å². The summed E-state index contributed by atoms with van der Waals surface area (Å²) in [5.41, 5.74) is 0. The van der Waals surface area contributed by atoms with Gasteiger partial charge in [-0.05, 0) is 0 Å². The third-order valence-electron chi connectivity index (χ3n) is 0. The first-order valence-corrected chi connectivity index (χ1v) is 0. The summed E-state index contributed by atoms with van der Waals surface area (Å²) < 4.78 is 0. The van der Waals surface area contributed by atoms with Crippen molar-refractivity contribution in [3.8, 4) is 0 Å². The summed E-state index contributed by atoms with van der Waals surface area (Å²) in [7, 11) is 0. The summed E-state index contributed by atoms with van der Waals surface area (Å²) in [6.45, 7) is 0. The zero-order chi connectivity index (χ0) is 0. The first-order valence-electron chi connectivity index (χ1n) is 0. The molecular weight excluding hydrogens is 149 g/mol. The Hall–Kier alpha value is 0.907. The van der Waals surface area contributed by atoms with Crippen molar-refractivity contribution in [3.05, 3.63) is 0 Å². The van der Waals surface area contributed by atoms with Crippen molar-refractivity contribution in [2.45, 2.75) is 0 Å². The average molecular weight is 151 g/mol. The summed E-state index contributed by atoms with van der Waals surface area (Å²) in [5.74, 6) is 0. The molecule has 0 aromatic carbocycles. The van der Waals surface area contributed by atoms with Gasteiger partial charge in [0.2, 0.25) is 0 Å². The summed E-state index contributed by atoms with van der Waals surface area (Å²) in [5, 5.41) is 0. The van der Waals surface area contributed by atoms with Gasteiger partial charge in [0.25, 0.3) is 0 Å².